The van der Waals surface area contributed by atoms with Gasteiger partial charge in [-0.1, -0.05) is 29.8 Å². The zero-order valence-electron chi connectivity index (χ0n) is 11.2. The van der Waals surface area contributed by atoms with Crippen molar-refractivity contribution in [3.8, 4) is 0 Å². The zero-order chi connectivity index (χ0) is 15.1. The van der Waals surface area contributed by atoms with Gasteiger partial charge >= 0.3 is 0 Å². The van der Waals surface area contributed by atoms with Gasteiger partial charge in [0.1, 0.15) is 0 Å². The predicted molar refractivity (Wildman–Crippen MR) is 95.4 cm³/mol. The van der Waals surface area contributed by atoms with Crippen LogP contribution in [0.3, 0.4) is 0 Å². The van der Waals surface area contributed by atoms with Crippen LogP contribution >= 0.6 is 45.8 Å². The Bertz CT molecular complexity index is 745. The van der Waals surface area contributed by atoms with Crippen LogP contribution in [0.5, 0.6) is 0 Å². The highest BCUT2D eigenvalue weighted by atomic mass is 127. The van der Waals surface area contributed by atoms with E-state index in [1.165, 1.54) is 5.56 Å². The van der Waals surface area contributed by atoms with Crippen LogP contribution in [-0.4, -0.2) is 5.91 Å². The van der Waals surface area contributed by atoms with Crippen molar-refractivity contribution in [3.05, 3.63) is 61.2 Å². The summed E-state index contributed by atoms with van der Waals surface area (Å²) in [6, 6.07) is 9.79. The lowest BCUT2D eigenvalue weighted by Gasteiger charge is -2.16. The van der Waals surface area contributed by atoms with Crippen LogP contribution in [0.25, 0.3) is 0 Å². The molecule has 1 heterocycles. The summed E-state index contributed by atoms with van der Waals surface area (Å²) < 4.78 is 1.14. The Balaban J connectivity index is 2.06. The number of carbonyl (C=O) groups excluding carboxylic acids is 1. The van der Waals surface area contributed by atoms with E-state index in [1.54, 1.807) is 6.07 Å². The molecule has 2 aromatic carbocycles. The van der Waals surface area contributed by atoms with Crippen LogP contribution in [0.1, 0.15) is 27.6 Å². The maximum atomic E-state index is 11.5. The molecule has 3 rings (SSSR count). The van der Waals surface area contributed by atoms with E-state index in [2.05, 4.69) is 40.9 Å². The van der Waals surface area contributed by atoms with Crippen LogP contribution in [-0.2, 0) is 11.2 Å². The quantitative estimate of drug-likeness (QED) is 0.521. The summed E-state index contributed by atoms with van der Waals surface area (Å²) in [5.41, 5.74) is 4.81. The van der Waals surface area contributed by atoms with Crippen LogP contribution in [0, 0.1) is 10.5 Å². The minimum absolute atomic E-state index is 0.00512. The number of halogens is 3. The average Bonchev–Trinajstić information content (AvgIpc) is 2.79. The first-order valence-electron chi connectivity index (χ1n) is 6.48. The van der Waals surface area contributed by atoms with E-state index in [4.69, 9.17) is 23.2 Å². The van der Waals surface area contributed by atoms with E-state index in [9.17, 15) is 4.79 Å². The van der Waals surface area contributed by atoms with E-state index in [1.807, 2.05) is 18.2 Å². The molecular weight excluding hydrogens is 420 g/mol. The molecule has 108 valence electrons. The van der Waals surface area contributed by atoms with E-state index < -0.39 is 0 Å². The molecule has 1 aliphatic heterocycles. The van der Waals surface area contributed by atoms with Gasteiger partial charge in [-0.3, -0.25) is 4.79 Å². The Labute approximate surface area is 147 Å². The van der Waals surface area contributed by atoms with Crippen LogP contribution < -0.4 is 5.32 Å². The third-order valence-electron chi connectivity index (χ3n) is 3.62. The molecule has 2 nitrogen and oxygen atoms in total. The highest BCUT2D eigenvalue weighted by Crippen LogP contribution is 2.40. The van der Waals surface area contributed by atoms with Gasteiger partial charge in [-0.2, -0.15) is 0 Å². The van der Waals surface area contributed by atoms with Gasteiger partial charge in [0.2, 0.25) is 5.91 Å². The smallest absolute Gasteiger partial charge is 0.228 e. The molecule has 2 aromatic rings. The van der Waals surface area contributed by atoms with Gasteiger partial charge in [-0.25, -0.2) is 0 Å². The lowest BCUT2D eigenvalue weighted by atomic mass is 9.99. The Morgan fingerprint density at radius 2 is 2.05 bits per heavy atom. The highest BCUT2D eigenvalue weighted by Gasteiger charge is 2.23. The first-order chi connectivity index (χ1) is 9.97. The summed E-state index contributed by atoms with van der Waals surface area (Å²) >= 11 is 15.3. The number of anilines is 1. The van der Waals surface area contributed by atoms with Crippen molar-refractivity contribution in [2.75, 3.05) is 5.32 Å². The third-order valence-corrected chi connectivity index (χ3v) is 5.89. The van der Waals surface area contributed by atoms with Gasteiger partial charge < -0.3 is 5.32 Å². The first-order valence-corrected chi connectivity index (χ1v) is 8.38. The summed E-state index contributed by atoms with van der Waals surface area (Å²) in [5, 5.41) is 3.05. The molecule has 0 saturated carbocycles. The lowest BCUT2D eigenvalue weighted by Crippen LogP contribution is -2.03. The second kappa shape index (κ2) is 5.78. The Hall–Kier alpha value is -0.780. The summed E-state index contributed by atoms with van der Waals surface area (Å²) in [7, 11) is 0. The molecule has 0 fully saturated rings. The van der Waals surface area contributed by atoms with Gasteiger partial charge in [0.05, 0.1) is 11.8 Å². The van der Waals surface area contributed by atoms with Crippen LogP contribution in [0.2, 0.25) is 5.02 Å². The number of hydrogen-bond acceptors (Lipinski definition) is 1. The molecule has 0 aromatic heterocycles. The maximum absolute atomic E-state index is 11.5. The van der Waals surface area contributed by atoms with E-state index in [0.29, 0.717) is 11.4 Å². The van der Waals surface area contributed by atoms with E-state index in [-0.39, 0.29) is 11.3 Å². The Kier molecular flexibility index (Phi) is 4.17. The second-order valence-corrected chi connectivity index (χ2v) is 7.02. The van der Waals surface area contributed by atoms with Crippen molar-refractivity contribution in [1.82, 2.24) is 0 Å². The number of rotatable bonds is 2. The fourth-order valence-electron chi connectivity index (χ4n) is 2.49. The van der Waals surface area contributed by atoms with Crippen molar-refractivity contribution in [2.45, 2.75) is 18.7 Å². The number of aryl methyl sites for hydroxylation is 1. The van der Waals surface area contributed by atoms with Crippen LogP contribution in [0.15, 0.2) is 30.3 Å². The van der Waals surface area contributed by atoms with Crippen molar-refractivity contribution in [3.63, 3.8) is 0 Å². The van der Waals surface area contributed by atoms with Gasteiger partial charge in [0.25, 0.3) is 0 Å². The molecule has 1 atom stereocenters. The number of hydrogen-bond donors (Lipinski definition) is 1. The standard InChI is InChI=1S/C16H12Cl2INO/c1-8-3-2-4-10(16(8)19)15(18)11-5-9-6-14(21)20-13(9)7-12(11)17/h2-5,7,15H,6H2,1H3,(H,20,21). The molecule has 0 spiro atoms. The normalized spacial score (nSPS) is 14.8. The summed E-state index contributed by atoms with van der Waals surface area (Å²) in [6.07, 6.45) is 0.383. The number of alkyl halides is 1. The fourth-order valence-corrected chi connectivity index (χ4v) is 4.04. The maximum Gasteiger partial charge on any atom is 0.228 e. The Morgan fingerprint density at radius 1 is 1.29 bits per heavy atom. The first kappa shape index (κ1) is 15.1. The highest BCUT2D eigenvalue weighted by molar-refractivity contribution is 14.1. The molecular formula is C16H12Cl2INO. The summed E-state index contributed by atoms with van der Waals surface area (Å²) in [6.45, 7) is 2.06. The molecule has 0 aliphatic carbocycles. The molecule has 0 saturated heterocycles. The van der Waals surface area contributed by atoms with Gasteiger partial charge in [0, 0.05) is 14.3 Å². The van der Waals surface area contributed by atoms with Crippen molar-refractivity contribution < 1.29 is 4.79 Å². The number of benzene rings is 2. The molecule has 21 heavy (non-hydrogen) atoms. The number of fused-ring (bicyclic) bond motifs is 1. The molecule has 1 aliphatic rings. The average molecular weight is 432 g/mol. The second-order valence-electron chi connectivity index (χ2n) is 5.10. The van der Waals surface area contributed by atoms with Crippen molar-refractivity contribution in [1.29, 1.82) is 0 Å². The lowest BCUT2D eigenvalue weighted by molar-refractivity contribution is -0.115. The minimum Gasteiger partial charge on any atom is -0.325 e. The molecule has 0 bridgehead atoms. The number of nitrogens with one attached hydrogen (secondary N) is 1. The topological polar surface area (TPSA) is 29.1 Å². The molecule has 1 unspecified atom stereocenters. The predicted octanol–water partition coefficient (Wildman–Crippen LogP) is 5.08. The van der Waals surface area contributed by atoms with E-state index >= 15 is 0 Å². The van der Waals surface area contributed by atoms with Crippen molar-refractivity contribution >= 4 is 57.4 Å². The fraction of sp³-hybridized carbons (Fsp3) is 0.188. The van der Waals surface area contributed by atoms with Gasteiger partial charge in [-0.15, -0.1) is 11.6 Å². The Morgan fingerprint density at radius 3 is 2.81 bits per heavy atom. The number of amides is 1. The summed E-state index contributed by atoms with van der Waals surface area (Å²) in [5.74, 6) is -0.00512. The minimum atomic E-state index is -0.328. The largest absolute Gasteiger partial charge is 0.325 e. The zero-order valence-corrected chi connectivity index (χ0v) is 14.9. The van der Waals surface area contributed by atoms with Crippen molar-refractivity contribution in [2.24, 2.45) is 0 Å². The molecule has 5 heteroatoms. The summed E-state index contributed by atoms with van der Waals surface area (Å²) in [4.78, 5) is 11.5. The SMILES string of the molecule is Cc1cccc(C(Cl)c2cc3c(cc2Cl)NC(=O)C3)c1I. The molecule has 1 amide bonds. The molecule has 1 N–H and O–H groups in total. The van der Waals surface area contributed by atoms with Gasteiger partial charge in [0.15, 0.2) is 0 Å². The van der Waals surface area contributed by atoms with Crippen LogP contribution in [0.4, 0.5) is 5.69 Å². The molecule has 0 radical (unpaired) electrons. The number of carbonyl (C=O) groups is 1. The van der Waals surface area contributed by atoms with E-state index in [0.717, 1.165) is 25.9 Å². The third kappa shape index (κ3) is 2.79. The van der Waals surface area contributed by atoms with Gasteiger partial charge in [-0.05, 0) is 63.9 Å². The monoisotopic (exact) mass is 431 g/mol.